The van der Waals surface area contributed by atoms with Gasteiger partial charge in [-0.15, -0.1) is 0 Å². The molecule has 0 bridgehead atoms. The second kappa shape index (κ2) is 5.99. The van der Waals surface area contributed by atoms with Crippen molar-refractivity contribution in [2.75, 3.05) is 39.8 Å². The molecule has 1 fully saturated rings. The van der Waals surface area contributed by atoms with Gasteiger partial charge in [-0.05, 0) is 40.8 Å². The van der Waals surface area contributed by atoms with E-state index < -0.39 is 0 Å². The lowest BCUT2D eigenvalue weighted by atomic mass is 9.99. The van der Waals surface area contributed by atoms with Crippen molar-refractivity contribution in [2.24, 2.45) is 0 Å². The van der Waals surface area contributed by atoms with Crippen LogP contribution in [0.15, 0.2) is 0 Å². The molecular weight excluding hydrogens is 198 g/mol. The average Bonchev–Trinajstić information content (AvgIpc) is 2.20. The largest absolute Gasteiger partial charge is 0.313 e. The van der Waals surface area contributed by atoms with Gasteiger partial charge in [-0.2, -0.15) is 0 Å². The molecule has 0 radical (unpaired) electrons. The zero-order valence-electron chi connectivity index (χ0n) is 11.7. The molecule has 0 saturated carbocycles. The van der Waals surface area contributed by atoms with Crippen LogP contribution >= 0.6 is 0 Å². The van der Waals surface area contributed by atoms with Crippen molar-refractivity contribution in [3.63, 3.8) is 0 Å². The van der Waals surface area contributed by atoms with Crippen molar-refractivity contribution in [1.82, 2.24) is 15.1 Å². The molecule has 3 nitrogen and oxygen atoms in total. The van der Waals surface area contributed by atoms with Crippen LogP contribution in [-0.4, -0.2) is 61.2 Å². The average molecular weight is 227 g/mol. The van der Waals surface area contributed by atoms with E-state index in [4.69, 9.17) is 0 Å². The van der Waals surface area contributed by atoms with Crippen molar-refractivity contribution in [1.29, 1.82) is 0 Å². The first-order valence-corrected chi connectivity index (χ1v) is 6.62. The van der Waals surface area contributed by atoms with Gasteiger partial charge >= 0.3 is 0 Å². The van der Waals surface area contributed by atoms with Gasteiger partial charge in [0, 0.05) is 37.8 Å². The molecule has 96 valence electrons. The fraction of sp³-hybridized carbons (Fsp3) is 1.00. The lowest BCUT2D eigenvalue weighted by Gasteiger charge is -2.46. The van der Waals surface area contributed by atoms with Gasteiger partial charge in [0.1, 0.15) is 0 Å². The number of hydrogen-bond acceptors (Lipinski definition) is 3. The van der Waals surface area contributed by atoms with Crippen LogP contribution in [0.3, 0.4) is 0 Å². The quantitative estimate of drug-likeness (QED) is 0.766. The van der Waals surface area contributed by atoms with E-state index >= 15 is 0 Å². The van der Waals surface area contributed by atoms with Crippen LogP contribution in [0.1, 0.15) is 34.1 Å². The number of hydrogen-bond donors (Lipinski definition) is 1. The predicted molar refractivity (Wildman–Crippen MR) is 70.9 cm³/mol. The molecule has 1 aliphatic rings. The summed E-state index contributed by atoms with van der Waals surface area (Å²) in [5.74, 6) is 0. The Hall–Kier alpha value is -0.120. The summed E-state index contributed by atoms with van der Waals surface area (Å²) >= 11 is 0. The minimum absolute atomic E-state index is 0.322. The van der Waals surface area contributed by atoms with Gasteiger partial charge in [0.25, 0.3) is 0 Å². The molecule has 16 heavy (non-hydrogen) atoms. The van der Waals surface area contributed by atoms with Crippen molar-refractivity contribution in [2.45, 2.75) is 45.7 Å². The topological polar surface area (TPSA) is 18.5 Å². The van der Waals surface area contributed by atoms with Crippen molar-refractivity contribution in [3.05, 3.63) is 0 Å². The predicted octanol–water partition coefficient (Wildman–Crippen LogP) is 1.40. The van der Waals surface area contributed by atoms with Gasteiger partial charge in [-0.25, -0.2) is 0 Å². The number of likely N-dealkylation sites (N-methyl/N-ethyl adjacent to an activating group) is 1. The van der Waals surface area contributed by atoms with Gasteiger partial charge in [-0.1, -0.05) is 6.92 Å². The van der Waals surface area contributed by atoms with Gasteiger partial charge in [0.15, 0.2) is 0 Å². The number of rotatable bonds is 5. The van der Waals surface area contributed by atoms with E-state index in [1.807, 2.05) is 0 Å². The third-order valence-corrected chi connectivity index (χ3v) is 3.67. The molecule has 0 spiro atoms. The van der Waals surface area contributed by atoms with E-state index in [0.717, 1.165) is 6.54 Å². The standard InChI is InChI=1S/C13H29N3/c1-6-7-14-12(2)10-16-9-8-15(5)13(3,4)11-16/h12,14H,6-11H2,1-5H3. The smallest absolute Gasteiger partial charge is 0.0277 e. The van der Waals surface area contributed by atoms with Gasteiger partial charge in [-0.3, -0.25) is 9.80 Å². The van der Waals surface area contributed by atoms with Crippen LogP contribution in [0.5, 0.6) is 0 Å². The zero-order valence-corrected chi connectivity index (χ0v) is 11.7. The van der Waals surface area contributed by atoms with Crippen LogP contribution in [0.4, 0.5) is 0 Å². The van der Waals surface area contributed by atoms with E-state index in [2.05, 4.69) is 49.9 Å². The third-order valence-electron chi connectivity index (χ3n) is 3.67. The number of nitrogens with zero attached hydrogens (tertiary/aromatic N) is 2. The van der Waals surface area contributed by atoms with Crippen LogP contribution in [-0.2, 0) is 0 Å². The Morgan fingerprint density at radius 1 is 1.31 bits per heavy atom. The van der Waals surface area contributed by atoms with Crippen LogP contribution in [0.2, 0.25) is 0 Å². The maximum absolute atomic E-state index is 3.56. The molecule has 1 rings (SSSR count). The maximum atomic E-state index is 3.56. The first-order chi connectivity index (χ1) is 7.45. The van der Waals surface area contributed by atoms with Crippen molar-refractivity contribution < 1.29 is 0 Å². The zero-order chi connectivity index (χ0) is 12.2. The Balaban J connectivity index is 2.33. The molecule has 1 aliphatic heterocycles. The van der Waals surface area contributed by atoms with Gasteiger partial charge < -0.3 is 5.32 Å². The van der Waals surface area contributed by atoms with E-state index in [1.165, 1.54) is 32.6 Å². The third kappa shape index (κ3) is 4.04. The summed E-state index contributed by atoms with van der Waals surface area (Å²) in [6, 6.07) is 0.610. The Kier molecular flexibility index (Phi) is 5.22. The molecule has 0 aromatic carbocycles. The summed E-state index contributed by atoms with van der Waals surface area (Å²) in [4.78, 5) is 5.06. The minimum atomic E-state index is 0.322. The number of piperazine rings is 1. The second-order valence-electron chi connectivity index (χ2n) is 5.82. The Morgan fingerprint density at radius 3 is 2.56 bits per heavy atom. The first-order valence-electron chi connectivity index (χ1n) is 6.62. The minimum Gasteiger partial charge on any atom is -0.313 e. The maximum Gasteiger partial charge on any atom is 0.0277 e. The molecule has 0 amide bonds. The summed E-state index contributed by atoms with van der Waals surface area (Å²) in [5, 5.41) is 3.56. The summed E-state index contributed by atoms with van der Waals surface area (Å²) in [5.41, 5.74) is 0.322. The lowest BCUT2D eigenvalue weighted by Crippen LogP contribution is -2.59. The summed E-state index contributed by atoms with van der Waals surface area (Å²) in [6.07, 6.45) is 1.22. The lowest BCUT2D eigenvalue weighted by molar-refractivity contribution is 0.0362. The number of nitrogens with one attached hydrogen (secondary N) is 1. The molecule has 0 aliphatic carbocycles. The van der Waals surface area contributed by atoms with E-state index in [9.17, 15) is 0 Å². The fourth-order valence-electron chi connectivity index (χ4n) is 2.34. The highest BCUT2D eigenvalue weighted by atomic mass is 15.3. The highest BCUT2D eigenvalue weighted by Crippen LogP contribution is 2.18. The van der Waals surface area contributed by atoms with Crippen molar-refractivity contribution in [3.8, 4) is 0 Å². The van der Waals surface area contributed by atoms with Crippen molar-refractivity contribution >= 4 is 0 Å². The van der Waals surface area contributed by atoms with E-state index in [0.29, 0.717) is 11.6 Å². The molecule has 0 aromatic heterocycles. The van der Waals surface area contributed by atoms with E-state index in [-0.39, 0.29) is 0 Å². The first kappa shape index (κ1) is 13.9. The molecule has 1 unspecified atom stereocenters. The molecule has 0 aromatic rings. The normalized spacial score (nSPS) is 24.6. The molecule has 1 N–H and O–H groups in total. The van der Waals surface area contributed by atoms with Gasteiger partial charge in [0.2, 0.25) is 0 Å². The Morgan fingerprint density at radius 2 is 2.00 bits per heavy atom. The summed E-state index contributed by atoms with van der Waals surface area (Å²) < 4.78 is 0. The van der Waals surface area contributed by atoms with Crippen LogP contribution in [0.25, 0.3) is 0 Å². The molecule has 3 heteroatoms. The highest BCUT2D eigenvalue weighted by Gasteiger charge is 2.31. The second-order valence-corrected chi connectivity index (χ2v) is 5.82. The summed E-state index contributed by atoms with van der Waals surface area (Å²) in [6.45, 7) is 15.1. The SMILES string of the molecule is CCCNC(C)CN1CCN(C)C(C)(C)C1. The van der Waals surface area contributed by atoms with Crippen LogP contribution in [0, 0.1) is 0 Å². The molecule has 1 atom stereocenters. The fourth-order valence-corrected chi connectivity index (χ4v) is 2.34. The van der Waals surface area contributed by atoms with Gasteiger partial charge in [0.05, 0.1) is 0 Å². The van der Waals surface area contributed by atoms with Crippen LogP contribution < -0.4 is 5.32 Å². The molecule has 1 saturated heterocycles. The molecular formula is C13H29N3. The monoisotopic (exact) mass is 227 g/mol. The van der Waals surface area contributed by atoms with E-state index in [1.54, 1.807) is 0 Å². The summed E-state index contributed by atoms with van der Waals surface area (Å²) in [7, 11) is 2.23. The highest BCUT2D eigenvalue weighted by molar-refractivity contribution is 4.89. The Bertz CT molecular complexity index is 203. The molecule has 1 heterocycles. The Labute approximate surface area is 101 Å².